The number of hydrogen-bond donors (Lipinski definition) is 2. The molecule has 2 N–H and O–H groups in total. The Kier molecular flexibility index (Phi) is 4.93. The number of nitrogens with zero attached hydrogens (tertiary/aromatic N) is 1. The molecule has 0 aliphatic heterocycles. The fourth-order valence-electron chi connectivity index (χ4n) is 2.09. The van der Waals surface area contributed by atoms with Crippen LogP contribution in [0, 0.1) is 6.92 Å². The second-order valence-electron chi connectivity index (χ2n) is 4.60. The Morgan fingerprint density at radius 1 is 1.45 bits per heavy atom. The molecule has 0 aliphatic carbocycles. The number of carbonyl (C=O) groups excluding carboxylic acids is 1. The van der Waals surface area contributed by atoms with Crippen molar-refractivity contribution >= 4 is 34.1 Å². The van der Waals surface area contributed by atoms with Crippen LogP contribution in [0.15, 0.2) is 24.4 Å². The molecule has 20 heavy (non-hydrogen) atoms. The van der Waals surface area contributed by atoms with Gasteiger partial charge in [-0.3, -0.25) is 9.78 Å². The van der Waals surface area contributed by atoms with Crippen molar-refractivity contribution in [2.75, 3.05) is 18.4 Å². The van der Waals surface area contributed by atoms with Crippen LogP contribution < -0.4 is 10.6 Å². The van der Waals surface area contributed by atoms with Gasteiger partial charge in [0.05, 0.1) is 16.2 Å². The maximum Gasteiger partial charge on any atom is 0.225 e. The maximum absolute atomic E-state index is 11.9. The number of hydrogen-bond acceptors (Lipinski definition) is 3. The van der Waals surface area contributed by atoms with Gasteiger partial charge in [0.2, 0.25) is 5.91 Å². The molecular weight excluding hydrogens is 274 g/mol. The molecule has 0 bridgehead atoms. The van der Waals surface area contributed by atoms with Gasteiger partial charge < -0.3 is 10.6 Å². The lowest BCUT2D eigenvalue weighted by Crippen LogP contribution is -2.21. The summed E-state index contributed by atoms with van der Waals surface area (Å²) in [7, 11) is 0. The van der Waals surface area contributed by atoms with E-state index >= 15 is 0 Å². The fraction of sp³-hybridized carbons (Fsp3) is 0.333. The van der Waals surface area contributed by atoms with Gasteiger partial charge in [0, 0.05) is 24.5 Å². The number of amides is 1. The van der Waals surface area contributed by atoms with Crippen molar-refractivity contribution in [1.82, 2.24) is 10.3 Å². The summed E-state index contributed by atoms with van der Waals surface area (Å²) >= 11 is 6.26. The first-order chi connectivity index (χ1) is 9.63. The van der Waals surface area contributed by atoms with Crippen molar-refractivity contribution in [1.29, 1.82) is 0 Å². The third-order valence-corrected chi connectivity index (χ3v) is 3.37. The Bertz CT molecular complexity index is 628. The second-order valence-corrected chi connectivity index (χ2v) is 5.01. The average molecular weight is 292 g/mol. The van der Waals surface area contributed by atoms with Crippen LogP contribution in [-0.2, 0) is 4.79 Å². The summed E-state index contributed by atoms with van der Waals surface area (Å²) in [4.78, 5) is 16.3. The van der Waals surface area contributed by atoms with E-state index in [-0.39, 0.29) is 5.91 Å². The van der Waals surface area contributed by atoms with Crippen LogP contribution >= 0.6 is 11.6 Å². The zero-order valence-corrected chi connectivity index (χ0v) is 12.4. The number of fused-ring (bicyclic) bond motifs is 1. The van der Waals surface area contributed by atoms with Gasteiger partial charge in [0.15, 0.2) is 0 Å². The predicted molar refractivity (Wildman–Crippen MR) is 83.3 cm³/mol. The Labute approximate surface area is 123 Å². The van der Waals surface area contributed by atoms with Crippen LogP contribution in [0.25, 0.3) is 10.9 Å². The van der Waals surface area contributed by atoms with Gasteiger partial charge >= 0.3 is 0 Å². The second kappa shape index (κ2) is 6.68. The van der Waals surface area contributed by atoms with Gasteiger partial charge in [-0.1, -0.05) is 18.5 Å². The van der Waals surface area contributed by atoms with Crippen LogP contribution in [0.1, 0.15) is 18.9 Å². The van der Waals surface area contributed by atoms with Crippen molar-refractivity contribution < 1.29 is 4.79 Å². The van der Waals surface area contributed by atoms with Crippen molar-refractivity contribution in [3.63, 3.8) is 0 Å². The number of nitrogens with one attached hydrogen (secondary N) is 2. The minimum atomic E-state index is -0.0538. The first kappa shape index (κ1) is 14.8. The number of benzene rings is 1. The summed E-state index contributed by atoms with van der Waals surface area (Å²) < 4.78 is 0. The summed E-state index contributed by atoms with van der Waals surface area (Å²) in [6.07, 6.45) is 2.15. The molecule has 1 amide bonds. The van der Waals surface area contributed by atoms with Gasteiger partial charge in [0.25, 0.3) is 0 Å². The fourth-order valence-corrected chi connectivity index (χ4v) is 2.40. The van der Waals surface area contributed by atoms with Gasteiger partial charge in [-0.15, -0.1) is 0 Å². The number of carbonyl (C=O) groups is 1. The molecule has 0 fully saturated rings. The summed E-state index contributed by atoms with van der Waals surface area (Å²) in [5, 5.41) is 7.42. The van der Waals surface area contributed by atoms with Crippen LogP contribution in [0.2, 0.25) is 5.02 Å². The largest absolute Gasteiger partial charge is 0.324 e. The number of aromatic nitrogens is 1. The van der Waals surface area contributed by atoms with Crippen LogP contribution in [0.5, 0.6) is 0 Å². The van der Waals surface area contributed by atoms with Gasteiger partial charge in [-0.05, 0) is 37.2 Å². The molecule has 0 unspecified atom stereocenters. The average Bonchev–Trinajstić information content (AvgIpc) is 2.44. The van der Waals surface area contributed by atoms with E-state index in [4.69, 9.17) is 11.6 Å². The lowest BCUT2D eigenvalue weighted by molar-refractivity contribution is -0.116. The molecule has 1 aromatic heterocycles. The van der Waals surface area contributed by atoms with Gasteiger partial charge in [-0.25, -0.2) is 0 Å². The van der Waals surface area contributed by atoms with E-state index in [0.717, 1.165) is 23.0 Å². The molecule has 0 saturated heterocycles. The lowest BCUT2D eigenvalue weighted by atomic mass is 10.1. The van der Waals surface area contributed by atoms with Crippen LogP contribution in [-0.4, -0.2) is 24.0 Å². The molecule has 0 spiro atoms. The summed E-state index contributed by atoms with van der Waals surface area (Å²) in [5.41, 5.74) is 2.50. The van der Waals surface area contributed by atoms with E-state index in [2.05, 4.69) is 15.6 Å². The van der Waals surface area contributed by atoms with Crippen LogP contribution in [0.4, 0.5) is 5.69 Å². The molecular formula is C15H18ClN3O. The molecule has 4 nitrogen and oxygen atoms in total. The molecule has 0 atom stereocenters. The number of anilines is 1. The Morgan fingerprint density at radius 3 is 3.00 bits per heavy atom. The van der Waals surface area contributed by atoms with Gasteiger partial charge in [0.1, 0.15) is 0 Å². The van der Waals surface area contributed by atoms with Crippen LogP contribution in [0.3, 0.4) is 0 Å². The lowest BCUT2D eigenvalue weighted by Gasteiger charge is -2.12. The number of aryl methyl sites for hydroxylation is 1. The minimum absolute atomic E-state index is 0.0538. The predicted octanol–water partition coefficient (Wildman–Crippen LogP) is 3.13. The quantitative estimate of drug-likeness (QED) is 0.832. The molecule has 0 aliphatic rings. The highest BCUT2D eigenvalue weighted by atomic mass is 35.5. The molecule has 1 aromatic carbocycles. The molecule has 5 heteroatoms. The standard InChI is InChI=1S/C15H18ClN3O/c1-3-17-8-6-13(20)19-15-11-5-4-7-18-14(11)10(2)9-12(15)16/h4-5,7,9,17H,3,6,8H2,1-2H3,(H,19,20). The zero-order valence-electron chi connectivity index (χ0n) is 11.7. The van der Waals surface area contributed by atoms with Gasteiger partial charge in [-0.2, -0.15) is 0 Å². The first-order valence-electron chi connectivity index (χ1n) is 6.68. The highest BCUT2D eigenvalue weighted by Crippen LogP contribution is 2.32. The third-order valence-electron chi connectivity index (χ3n) is 3.08. The molecule has 2 aromatic rings. The highest BCUT2D eigenvalue weighted by molar-refractivity contribution is 6.35. The molecule has 0 radical (unpaired) electrons. The first-order valence-corrected chi connectivity index (χ1v) is 7.05. The van der Waals surface area contributed by atoms with E-state index in [0.29, 0.717) is 23.7 Å². The SMILES string of the molecule is CCNCCC(=O)Nc1c(Cl)cc(C)c2ncccc12. The normalized spacial score (nSPS) is 10.8. The highest BCUT2D eigenvalue weighted by Gasteiger charge is 2.12. The Balaban J connectivity index is 2.27. The number of pyridine rings is 1. The van der Waals surface area contributed by atoms with Crippen molar-refractivity contribution in [2.24, 2.45) is 0 Å². The molecule has 106 valence electrons. The maximum atomic E-state index is 11.9. The van der Waals surface area contributed by atoms with Crippen molar-refractivity contribution in [3.8, 4) is 0 Å². The number of halogens is 1. The molecule has 2 rings (SSSR count). The topological polar surface area (TPSA) is 54.0 Å². The van der Waals surface area contributed by atoms with Crippen molar-refractivity contribution in [2.45, 2.75) is 20.3 Å². The third kappa shape index (κ3) is 3.26. The van der Waals surface area contributed by atoms with E-state index in [1.165, 1.54) is 0 Å². The molecule has 0 saturated carbocycles. The summed E-state index contributed by atoms with van der Waals surface area (Å²) in [6.45, 7) is 5.47. The number of rotatable bonds is 5. The molecule has 1 heterocycles. The summed E-state index contributed by atoms with van der Waals surface area (Å²) in [6, 6.07) is 5.59. The smallest absolute Gasteiger partial charge is 0.225 e. The zero-order chi connectivity index (χ0) is 14.5. The van der Waals surface area contributed by atoms with E-state index < -0.39 is 0 Å². The minimum Gasteiger partial charge on any atom is -0.324 e. The van der Waals surface area contributed by atoms with E-state index in [9.17, 15) is 4.79 Å². The van der Waals surface area contributed by atoms with Crippen molar-refractivity contribution in [3.05, 3.63) is 35.0 Å². The Morgan fingerprint density at radius 2 is 2.25 bits per heavy atom. The summed E-state index contributed by atoms with van der Waals surface area (Å²) in [5.74, 6) is -0.0538. The monoisotopic (exact) mass is 291 g/mol. The van der Waals surface area contributed by atoms with E-state index in [1.807, 2.05) is 32.0 Å². The Hall–Kier alpha value is -1.65. The van der Waals surface area contributed by atoms with E-state index in [1.54, 1.807) is 6.20 Å².